The average Bonchev–Trinajstić information content (AvgIpc) is 2.52. The maximum Gasteiger partial charge on any atom is 0.151 e. The molecule has 0 saturated carbocycles. The first-order valence-corrected chi connectivity index (χ1v) is 8.56. The standard InChI is InChI=1S/C21H24F2N2/c1-13-8-20-17(14(2)11-21(3,4)25(20)5)9-15(13)12-24-19-7-6-16(22)10-18(19)23/h6-10,12,14H,11H2,1-5H3. The molecule has 0 N–H and O–H groups in total. The second-order valence-corrected chi connectivity index (χ2v) is 7.60. The van der Waals surface area contributed by atoms with Crippen LogP contribution in [0.25, 0.3) is 0 Å². The summed E-state index contributed by atoms with van der Waals surface area (Å²) in [5.74, 6) is -0.806. The minimum absolute atomic E-state index is 0.117. The van der Waals surface area contributed by atoms with E-state index in [1.54, 1.807) is 6.21 Å². The minimum Gasteiger partial charge on any atom is -0.369 e. The van der Waals surface area contributed by atoms with Crippen molar-refractivity contribution in [3.05, 3.63) is 58.7 Å². The lowest BCUT2D eigenvalue weighted by molar-refractivity contribution is 0.395. The van der Waals surface area contributed by atoms with Gasteiger partial charge in [0.05, 0.1) is 5.69 Å². The summed E-state index contributed by atoms with van der Waals surface area (Å²) >= 11 is 0. The van der Waals surface area contributed by atoms with E-state index in [0.29, 0.717) is 5.92 Å². The first-order chi connectivity index (χ1) is 11.7. The van der Waals surface area contributed by atoms with E-state index in [1.807, 2.05) is 6.92 Å². The number of rotatable bonds is 2. The van der Waals surface area contributed by atoms with Crippen molar-refractivity contribution in [3.8, 4) is 0 Å². The van der Waals surface area contributed by atoms with E-state index in [4.69, 9.17) is 0 Å². The van der Waals surface area contributed by atoms with Crippen LogP contribution in [0, 0.1) is 18.6 Å². The Morgan fingerprint density at radius 3 is 2.60 bits per heavy atom. The second-order valence-electron chi connectivity index (χ2n) is 7.60. The zero-order valence-electron chi connectivity index (χ0n) is 15.4. The van der Waals surface area contributed by atoms with Gasteiger partial charge in [0.1, 0.15) is 5.82 Å². The van der Waals surface area contributed by atoms with E-state index in [-0.39, 0.29) is 11.2 Å². The van der Waals surface area contributed by atoms with Crippen molar-refractivity contribution in [2.24, 2.45) is 4.99 Å². The molecule has 0 fully saturated rings. The monoisotopic (exact) mass is 342 g/mol. The second kappa shape index (κ2) is 6.25. The molecule has 0 aliphatic carbocycles. The zero-order chi connectivity index (χ0) is 18.4. The molecule has 4 heteroatoms. The molecule has 2 aromatic carbocycles. The molecule has 0 saturated heterocycles. The highest BCUT2D eigenvalue weighted by Gasteiger charge is 2.34. The molecule has 0 radical (unpaired) electrons. The van der Waals surface area contributed by atoms with Crippen LogP contribution in [0.5, 0.6) is 0 Å². The molecule has 0 aromatic heterocycles. The topological polar surface area (TPSA) is 15.6 Å². The molecule has 3 rings (SSSR count). The summed E-state index contributed by atoms with van der Waals surface area (Å²) in [5.41, 5.74) is 4.83. The first kappa shape index (κ1) is 17.6. The molecule has 1 aliphatic rings. The molecule has 1 heterocycles. The number of aliphatic imine (C=N–C) groups is 1. The lowest BCUT2D eigenvalue weighted by Crippen LogP contribution is -2.45. The van der Waals surface area contributed by atoms with Crippen molar-refractivity contribution in [3.63, 3.8) is 0 Å². The Labute approximate surface area is 148 Å². The third kappa shape index (κ3) is 3.30. The van der Waals surface area contributed by atoms with Crippen LogP contribution in [-0.4, -0.2) is 18.8 Å². The predicted octanol–water partition coefficient (Wildman–Crippen LogP) is 5.75. The fourth-order valence-electron chi connectivity index (χ4n) is 3.60. The van der Waals surface area contributed by atoms with Gasteiger partial charge in [-0.25, -0.2) is 8.78 Å². The largest absolute Gasteiger partial charge is 0.369 e. The number of aryl methyl sites for hydroxylation is 1. The Kier molecular flexibility index (Phi) is 4.40. The van der Waals surface area contributed by atoms with Gasteiger partial charge in [0.25, 0.3) is 0 Å². The van der Waals surface area contributed by atoms with E-state index in [9.17, 15) is 8.78 Å². The van der Waals surface area contributed by atoms with Gasteiger partial charge in [-0.3, -0.25) is 4.99 Å². The highest BCUT2D eigenvalue weighted by Crippen LogP contribution is 2.43. The van der Waals surface area contributed by atoms with Crippen molar-refractivity contribution in [2.45, 2.75) is 45.6 Å². The van der Waals surface area contributed by atoms with Crippen molar-refractivity contribution < 1.29 is 8.78 Å². The van der Waals surface area contributed by atoms with Crippen LogP contribution in [0.4, 0.5) is 20.2 Å². The maximum absolute atomic E-state index is 13.8. The number of anilines is 1. The molecule has 1 atom stereocenters. The summed E-state index contributed by atoms with van der Waals surface area (Å²) in [5, 5.41) is 0. The fraction of sp³-hybridized carbons (Fsp3) is 0.381. The molecule has 1 aliphatic heterocycles. The van der Waals surface area contributed by atoms with Crippen LogP contribution in [0.1, 0.15) is 49.8 Å². The molecule has 25 heavy (non-hydrogen) atoms. The highest BCUT2D eigenvalue weighted by atomic mass is 19.1. The van der Waals surface area contributed by atoms with Crippen molar-refractivity contribution in [1.29, 1.82) is 0 Å². The van der Waals surface area contributed by atoms with Gasteiger partial charge in [0.15, 0.2) is 5.82 Å². The smallest absolute Gasteiger partial charge is 0.151 e. The zero-order valence-corrected chi connectivity index (χ0v) is 15.4. The normalized spacial score (nSPS) is 19.3. The number of hydrogen-bond acceptors (Lipinski definition) is 2. The van der Waals surface area contributed by atoms with Crippen LogP contribution >= 0.6 is 0 Å². The lowest BCUT2D eigenvalue weighted by atomic mass is 9.79. The Bertz CT molecular complexity index is 840. The van der Waals surface area contributed by atoms with Crippen molar-refractivity contribution >= 4 is 17.6 Å². The Hall–Kier alpha value is -2.23. The molecule has 1 unspecified atom stereocenters. The maximum atomic E-state index is 13.8. The van der Waals surface area contributed by atoms with Gasteiger partial charge in [-0.2, -0.15) is 0 Å². The third-order valence-corrected chi connectivity index (χ3v) is 5.27. The predicted molar refractivity (Wildman–Crippen MR) is 100 cm³/mol. The molecular weight excluding hydrogens is 318 g/mol. The van der Waals surface area contributed by atoms with Crippen LogP contribution < -0.4 is 4.90 Å². The molecular formula is C21H24F2N2. The molecule has 0 amide bonds. The highest BCUT2D eigenvalue weighted by molar-refractivity contribution is 5.86. The molecule has 0 bridgehead atoms. The molecule has 2 aromatic rings. The lowest BCUT2D eigenvalue weighted by Gasteiger charge is -2.45. The van der Waals surface area contributed by atoms with Crippen molar-refractivity contribution in [1.82, 2.24) is 0 Å². The Morgan fingerprint density at radius 1 is 1.20 bits per heavy atom. The summed E-state index contributed by atoms with van der Waals surface area (Å²) in [6, 6.07) is 7.75. The fourth-order valence-corrected chi connectivity index (χ4v) is 3.60. The minimum atomic E-state index is -0.651. The molecule has 132 valence electrons. The van der Waals surface area contributed by atoms with Crippen molar-refractivity contribution in [2.75, 3.05) is 11.9 Å². The van der Waals surface area contributed by atoms with Crippen LogP contribution in [0.15, 0.2) is 35.3 Å². The summed E-state index contributed by atoms with van der Waals surface area (Å²) < 4.78 is 26.8. The first-order valence-electron chi connectivity index (χ1n) is 8.56. The van der Waals surface area contributed by atoms with Crippen LogP contribution in [0.2, 0.25) is 0 Å². The van der Waals surface area contributed by atoms with Gasteiger partial charge in [-0.05, 0) is 74.1 Å². The molecule has 0 spiro atoms. The Balaban J connectivity index is 1.99. The number of nitrogens with zero attached hydrogens (tertiary/aromatic N) is 2. The number of hydrogen-bond donors (Lipinski definition) is 0. The van der Waals surface area contributed by atoms with Gasteiger partial charge in [0.2, 0.25) is 0 Å². The van der Waals surface area contributed by atoms with Gasteiger partial charge < -0.3 is 4.90 Å². The number of fused-ring (bicyclic) bond motifs is 1. The van der Waals surface area contributed by atoms with Gasteiger partial charge >= 0.3 is 0 Å². The van der Waals surface area contributed by atoms with E-state index < -0.39 is 11.6 Å². The van der Waals surface area contributed by atoms with E-state index >= 15 is 0 Å². The Morgan fingerprint density at radius 2 is 1.92 bits per heavy atom. The number of halogens is 2. The van der Waals surface area contributed by atoms with E-state index in [0.717, 1.165) is 23.6 Å². The van der Waals surface area contributed by atoms with Crippen LogP contribution in [0.3, 0.4) is 0 Å². The van der Waals surface area contributed by atoms with Gasteiger partial charge in [-0.15, -0.1) is 0 Å². The van der Waals surface area contributed by atoms with Gasteiger partial charge in [-0.1, -0.05) is 6.92 Å². The summed E-state index contributed by atoms with van der Waals surface area (Å²) in [6.07, 6.45) is 2.74. The quantitative estimate of drug-likeness (QED) is 0.635. The molecule has 2 nitrogen and oxygen atoms in total. The third-order valence-electron chi connectivity index (χ3n) is 5.27. The number of benzene rings is 2. The van der Waals surface area contributed by atoms with E-state index in [1.165, 1.54) is 23.4 Å². The average molecular weight is 342 g/mol. The van der Waals surface area contributed by atoms with Crippen LogP contribution in [-0.2, 0) is 0 Å². The summed E-state index contributed by atoms with van der Waals surface area (Å²) in [7, 11) is 2.13. The summed E-state index contributed by atoms with van der Waals surface area (Å²) in [6.45, 7) is 8.79. The van der Waals surface area contributed by atoms with Gasteiger partial charge in [0, 0.05) is 30.6 Å². The summed E-state index contributed by atoms with van der Waals surface area (Å²) in [4.78, 5) is 6.55. The van der Waals surface area contributed by atoms with E-state index in [2.05, 4.69) is 49.8 Å². The SMILES string of the molecule is Cc1cc2c(cc1C=Nc1ccc(F)cc1F)C(C)CC(C)(C)N2C.